The minimum absolute atomic E-state index is 0.0951. The Kier molecular flexibility index (Phi) is 13.7. The van der Waals surface area contributed by atoms with E-state index < -0.39 is 11.7 Å². The van der Waals surface area contributed by atoms with E-state index in [-0.39, 0.29) is 12.5 Å². The van der Waals surface area contributed by atoms with Crippen LogP contribution in [0.3, 0.4) is 0 Å². The number of rotatable bonds is 17. The van der Waals surface area contributed by atoms with Crippen molar-refractivity contribution in [3.05, 3.63) is 35.7 Å². The topological polar surface area (TPSA) is 106 Å². The first-order chi connectivity index (χ1) is 17.8. The van der Waals surface area contributed by atoms with E-state index in [0.717, 1.165) is 12.0 Å². The molecule has 8 nitrogen and oxygen atoms in total. The van der Waals surface area contributed by atoms with Crippen LogP contribution in [0.1, 0.15) is 110 Å². The van der Waals surface area contributed by atoms with Gasteiger partial charge < -0.3 is 19.9 Å². The molecule has 1 aromatic heterocycles. The number of unbranched alkanes of at least 4 members (excludes halogenated alkanes) is 8. The molecule has 2 amide bonds. The molecule has 0 bridgehead atoms. The van der Waals surface area contributed by atoms with Gasteiger partial charge in [0.15, 0.2) is 0 Å². The molecule has 206 valence electrons. The lowest BCUT2D eigenvalue weighted by Gasteiger charge is -2.19. The second-order valence-electron chi connectivity index (χ2n) is 10.6. The third-order valence-electron chi connectivity index (χ3n) is 5.93. The molecule has 1 heterocycles. The highest BCUT2D eigenvalue weighted by atomic mass is 16.6. The van der Waals surface area contributed by atoms with E-state index in [1.807, 2.05) is 32.9 Å². The van der Waals surface area contributed by atoms with E-state index in [2.05, 4.69) is 39.8 Å². The number of ether oxygens (including phenoxy) is 1. The Morgan fingerprint density at radius 2 is 1.57 bits per heavy atom. The first-order valence-electron chi connectivity index (χ1n) is 13.9. The molecule has 8 heteroatoms. The number of carbonyl (C=O) groups is 2. The van der Waals surface area contributed by atoms with Crippen LogP contribution in [0.5, 0.6) is 0 Å². The summed E-state index contributed by atoms with van der Waals surface area (Å²) in [4.78, 5) is 28.1. The zero-order valence-electron chi connectivity index (χ0n) is 23.2. The van der Waals surface area contributed by atoms with Crippen LogP contribution in [0.15, 0.2) is 28.8 Å². The van der Waals surface area contributed by atoms with E-state index >= 15 is 0 Å². The quantitative estimate of drug-likeness (QED) is 0.227. The lowest BCUT2D eigenvalue weighted by molar-refractivity contribution is -0.121. The fourth-order valence-electron chi connectivity index (χ4n) is 3.91. The number of benzene rings is 1. The average molecular weight is 515 g/mol. The number of nitrogens with zero attached hydrogens (tertiary/aromatic N) is 2. The molecule has 1 aromatic carbocycles. The second kappa shape index (κ2) is 16.8. The van der Waals surface area contributed by atoms with Crippen LogP contribution >= 0.6 is 0 Å². The van der Waals surface area contributed by atoms with Crippen molar-refractivity contribution >= 4 is 12.0 Å². The molecular weight excluding hydrogens is 468 g/mol. The number of hydrogen-bond acceptors (Lipinski definition) is 6. The number of nitrogens with one attached hydrogen (secondary N) is 2. The predicted octanol–water partition coefficient (Wildman–Crippen LogP) is 6.73. The van der Waals surface area contributed by atoms with Gasteiger partial charge in [-0.15, -0.1) is 0 Å². The Bertz CT molecular complexity index is 919. The van der Waals surface area contributed by atoms with Gasteiger partial charge in [-0.05, 0) is 52.0 Å². The summed E-state index contributed by atoms with van der Waals surface area (Å²) in [5.74, 6) is 0.802. The number of amides is 2. The van der Waals surface area contributed by atoms with Crippen molar-refractivity contribution in [2.75, 3.05) is 6.54 Å². The molecule has 0 spiro atoms. The highest BCUT2D eigenvalue weighted by molar-refractivity contribution is 5.75. The molecule has 0 radical (unpaired) electrons. The summed E-state index contributed by atoms with van der Waals surface area (Å²) in [6, 6.07) is 8.31. The Labute approximate surface area is 222 Å². The van der Waals surface area contributed by atoms with Gasteiger partial charge in [0.25, 0.3) is 0 Å². The van der Waals surface area contributed by atoms with Crippen molar-refractivity contribution in [3.8, 4) is 11.4 Å². The first-order valence-corrected chi connectivity index (χ1v) is 13.9. The zero-order chi connectivity index (χ0) is 26.9. The van der Waals surface area contributed by atoms with Crippen molar-refractivity contribution in [1.82, 2.24) is 20.8 Å². The van der Waals surface area contributed by atoms with E-state index in [0.29, 0.717) is 37.5 Å². The summed E-state index contributed by atoms with van der Waals surface area (Å²) >= 11 is 0. The molecule has 2 rings (SSSR count). The van der Waals surface area contributed by atoms with Gasteiger partial charge >= 0.3 is 6.09 Å². The second-order valence-corrected chi connectivity index (χ2v) is 10.6. The fourth-order valence-corrected chi connectivity index (χ4v) is 3.91. The highest BCUT2D eigenvalue weighted by Crippen LogP contribution is 2.18. The van der Waals surface area contributed by atoms with E-state index in [1.165, 1.54) is 56.9 Å². The van der Waals surface area contributed by atoms with Crippen LogP contribution in [0, 0.1) is 0 Å². The van der Waals surface area contributed by atoms with Crippen molar-refractivity contribution in [1.29, 1.82) is 0 Å². The summed E-state index contributed by atoms with van der Waals surface area (Å²) in [5, 5.41) is 9.54. The SMILES string of the molecule is CCCCCCCCCCc1ccc(-c2noc(CNC(=O)CCCCNC(=O)OC(C)(C)C)n2)cc1. The maximum atomic E-state index is 12.1. The number of hydrogen-bond donors (Lipinski definition) is 2. The van der Waals surface area contributed by atoms with E-state index in [1.54, 1.807) is 0 Å². The third-order valence-corrected chi connectivity index (χ3v) is 5.93. The van der Waals surface area contributed by atoms with Crippen LogP contribution in [0.4, 0.5) is 4.79 Å². The smallest absolute Gasteiger partial charge is 0.407 e. The average Bonchev–Trinajstić information content (AvgIpc) is 3.32. The number of carbonyl (C=O) groups excluding carboxylic acids is 2. The minimum atomic E-state index is -0.519. The molecule has 2 N–H and O–H groups in total. The minimum Gasteiger partial charge on any atom is -0.444 e. The molecule has 0 saturated carbocycles. The van der Waals surface area contributed by atoms with E-state index in [9.17, 15) is 9.59 Å². The zero-order valence-corrected chi connectivity index (χ0v) is 23.2. The van der Waals surface area contributed by atoms with Crippen LogP contribution in [0.25, 0.3) is 11.4 Å². The van der Waals surface area contributed by atoms with Crippen molar-refractivity contribution in [3.63, 3.8) is 0 Å². The number of alkyl carbamates (subject to hydrolysis) is 1. The Hall–Kier alpha value is -2.90. The summed E-state index contributed by atoms with van der Waals surface area (Å²) in [7, 11) is 0. The molecular formula is C29H46N4O4. The molecule has 0 fully saturated rings. The molecule has 0 atom stereocenters. The normalized spacial score (nSPS) is 11.4. The number of aromatic nitrogens is 2. The third kappa shape index (κ3) is 13.8. The molecule has 0 aliphatic rings. The van der Waals surface area contributed by atoms with Gasteiger partial charge in [-0.2, -0.15) is 4.98 Å². The molecule has 37 heavy (non-hydrogen) atoms. The Morgan fingerprint density at radius 3 is 2.24 bits per heavy atom. The summed E-state index contributed by atoms with van der Waals surface area (Å²) in [5.41, 5.74) is 1.71. The first kappa shape index (κ1) is 30.3. The van der Waals surface area contributed by atoms with Gasteiger partial charge in [-0.3, -0.25) is 4.79 Å². The van der Waals surface area contributed by atoms with Crippen molar-refractivity contribution in [2.24, 2.45) is 0 Å². The largest absolute Gasteiger partial charge is 0.444 e. The van der Waals surface area contributed by atoms with Crippen LogP contribution in [0.2, 0.25) is 0 Å². The molecule has 2 aromatic rings. The monoisotopic (exact) mass is 514 g/mol. The summed E-state index contributed by atoms with van der Waals surface area (Å²) in [6.45, 7) is 8.37. The summed E-state index contributed by atoms with van der Waals surface area (Å²) < 4.78 is 10.5. The molecule has 0 unspecified atom stereocenters. The lowest BCUT2D eigenvalue weighted by atomic mass is 10.0. The van der Waals surface area contributed by atoms with Crippen LogP contribution < -0.4 is 10.6 Å². The van der Waals surface area contributed by atoms with Crippen LogP contribution in [-0.4, -0.2) is 34.3 Å². The van der Waals surface area contributed by atoms with Gasteiger partial charge in [-0.25, -0.2) is 4.79 Å². The predicted molar refractivity (Wildman–Crippen MR) is 146 cm³/mol. The van der Waals surface area contributed by atoms with Gasteiger partial charge in [0.1, 0.15) is 5.60 Å². The molecule has 0 aliphatic carbocycles. The van der Waals surface area contributed by atoms with Gasteiger partial charge in [0.05, 0.1) is 6.54 Å². The molecule has 0 aliphatic heterocycles. The van der Waals surface area contributed by atoms with Gasteiger partial charge in [-0.1, -0.05) is 81.3 Å². The Morgan fingerprint density at radius 1 is 0.892 bits per heavy atom. The molecule has 0 saturated heterocycles. The number of aryl methyl sites for hydroxylation is 1. The standard InChI is InChI=1S/C29H46N4O4/c1-5-6-7-8-9-10-11-12-15-23-17-19-24(20-18-23)27-32-26(37-33-27)22-31-25(34)16-13-14-21-30-28(35)36-29(2,3)4/h17-20H,5-16,21-22H2,1-4H3,(H,30,35)(H,31,34). The fraction of sp³-hybridized carbons (Fsp3) is 0.655. The van der Waals surface area contributed by atoms with Gasteiger partial charge in [0, 0.05) is 18.5 Å². The van der Waals surface area contributed by atoms with Crippen molar-refractivity contribution < 1.29 is 18.8 Å². The van der Waals surface area contributed by atoms with E-state index in [4.69, 9.17) is 9.26 Å². The van der Waals surface area contributed by atoms with Crippen LogP contribution in [-0.2, 0) is 22.5 Å². The lowest BCUT2D eigenvalue weighted by Crippen LogP contribution is -2.33. The highest BCUT2D eigenvalue weighted by Gasteiger charge is 2.15. The van der Waals surface area contributed by atoms with Gasteiger partial charge in [0.2, 0.25) is 17.6 Å². The maximum absolute atomic E-state index is 12.1. The summed E-state index contributed by atoms with van der Waals surface area (Å²) in [6.07, 6.45) is 13.0. The Balaban J connectivity index is 1.60. The van der Waals surface area contributed by atoms with Crippen molar-refractivity contribution in [2.45, 2.75) is 117 Å². The maximum Gasteiger partial charge on any atom is 0.407 e.